The Morgan fingerprint density at radius 1 is 1.13 bits per heavy atom. The Morgan fingerprint density at radius 3 is 2.52 bits per heavy atom. The number of methoxy groups -OCH3 is 2. The number of thioether (sulfide) groups is 1. The summed E-state index contributed by atoms with van der Waals surface area (Å²) in [5.74, 6) is -0.0392. The quantitative estimate of drug-likeness (QED) is 0.356. The van der Waals surface area contributed by atoms with E-state index < -0.39 is 0 Å². The van der Waals surface area contributed by atoms with Crippen molar-refractivity contribution < 1.29 is 23.5 Å². The predicted octanol–water partition coefficient (Wildman–Crippen LogP) is 3.23. The number of ether oxygens (including phenoxy) is 2. The van der Waals surface area contributed by atoms with Crippen molar-refractivity contribution in [1.29, 1.82) is 0 Å². The monoisotopic (exact) mass is 450 g/mol. The van der Waals surface area contributed by atoms with Gasteiger partial charge in [-0.3, -0.25) is 4.79 Å². The Bertz CT molecular complexity index is 812. The summed E-state index contributed by atoms with van der Waals surface area (Å²) in [6, 6.07) is 7.32. The van der Waals surface area contributed by atoms with E-state index >= 15 is 0 Å². The highest BCUT2D eigenvalue weighted by atomic mass is 32.2. The molecule has 2 N–H and O–H groups in total. The van der Waals surface area contributed by atoms with Crippen LogP contribution in [0.1, 0.15) is 29.2 Å². The summed E-state index contributed by atoms with van der Waals surface area (Å²) < 4.78 is 15.5. The van der Waals surface area contributed by atoms with Gasteiger partial charge >= 0.3 is 6.03 Å². The molecule has 0 radical (unpaired) electrons. The third kappa shape index (κ3) is 8.60. The molecule has 0 atom stereocenters. The van der Waals surface area contributed by atoms with E-state index in [2.05, 4.69) is 15.6 Å². The number of amides is 3. The average Bonchev–Trinajstić information content (AvgIpc) is 3.25. The minimum Gasteiger partial charge on any atom is -0.446 e. The molecule has 1 aromatic heterocycles. The summed E-state index contributed by atoms with van der Waals surface area (Å²) in [4.78, 5) is 31.9. The highest BCUT2D eigenvalue weighted by Crippen LogP contribution is 2.18. The Labute approximate surface area is 186 Å². The van der Waals surface area contributed by atoms with E-state index in [-0.39, 0.29) is 30.1 Å². The molecule has 0 saturated heterocycles. The van der Waals surface area contributed by atoms with Crippen molar-refractivity contribution in [2.75, 3.05) is 52.1 Å². The van der Waals surface area contributed by atoms with E-state index in [1.165, 1.54) is 6.26 Å². The molecule has 0 aliphatic rings. The second kappa shape index (κ2) is 13.7. The molecule has 0 aliphatic carbocycles. The fourth-order valence-electron chi connectivity index (χ4n) is 2.69. The number of rotatable bonds is 13. The van der Waals surface area contributed by atoms with Crippen LogP contribution in [-0.4, -0.2) is 68.6 Å². The molecule has 2 aromatic rings. The summed E-state index contributed by atoms with van der Waals surface area (Å²) >= 11 is 1.63. The third-order valence-corrected chi connectivity index (χ3v) is 5.07. The van der Waals surface area contributed by atoms with E-state index in [4.69, 9.17) is 13.9 Å². The summed E-state index contributed by atoms with van der Waals surface area (Å²) in [6.45, 7) is 2.15. The normalized spacial score (nSPS) is 10.7. The Morgan fingerprint density at radius 2 is 1.84 bits per heavy atom. The molecule has 0 bridgehead atoms. The second-order valence-electron chi connectivity index (χ2n) is 6.66. The first-order chi connectivity index (χ1) is 15.1. The number of benzene rings is 1. The lowest BCUT2D eigenvalue weighted by Crippen LogP contribution is -2.36. The predicted molar refractivity (Wildman–Crippen MR) is 119 cm³/mol. The van der Waals surface area contributed by atoms with Crippen LogP contribution < -0.4 is 10.6 Å². The molecule has 31 heavy (non-hydrogen) atoms. The number of hydrogen-bond acceptors (Lipinski definition) is 7. The maximum absolute atomic E-state index is 12.8. The van der Waals surface area contributed by atoms with E-state index in [0.717, 1.165) is 4.90 Å². The first kappa shape index (κ1) is 24.7. The van der Waals surface area contributed by atoms with Gasteiger partial charge in [0.15, 0.2) is 5.69 Å². The zero-order valence-electron chi connectivity index (χ0n) is 18.2. The van der Waals surface area contributed by atoms with Crippen molar-refractivity contribution in [2.24, 2.45) is 0 Å². The molecule has 170 valence electrons. The van der Waals surface area contributed by atoms with Crippen LogP contribution in [0.3, 0.4) is 0 Å². The van der Waals surface area contributed by atoms with Crippen LogP contribution in [0.25, 0.3) is 0 Å². The fourth-order valence-corrected chi connectivity index (χ4v) is 3.10. The summed E-state index contributed by atoms with van der Waals surface area (Å²) in [5, 5.41) is 5.64. The largest absolute Gasteiger partial charge is 0.446 e. The Kier molecular flexibility index (Phi) is 10.9. The van der Waals surface area contributed by atoms with Gasteiger partial charge in [-0.2, -0.15) is 0 Å². The standard InChI is InChI=1S/C21H30N4O5S/c1-28-12-4-10-22-20(26)18-15-30-19(24-18)14-25(11-5-13-29-2)21(27)23-16-6-8-17(31-3)9-7-16/h6-9,15H,4-5,10-14H2,1-3H3,(H,22,26)(H,23,27). The molecule has 0 fully saturated rings. The molecule has 0 spiro atoms. The zero-order chi connectivity index (χ0) is 22.5. The summed E-state index contributed by atoms with van der Waals surface area (Å²) in [7, 11) is 3.23. The molecule has 0 saturated carbocycles. The summed E-state index contributed by atoms with van der Waals surface area (Å²) in [6.07, 6.45) is 4.66. The van der Waals surface area contributed by atoms with E-state index in [0.29, 0.717) is 44.8 Å². The van der Waals surface area contributed by atoms with Crippen molar-refractivity contribution in [3.05, 3.63) is 42.1 Å². The molecule has 1 aromatic carbocycles. The molecular weight excluding hydrogens is 420 g/mol. The van der Waals surface area contributed by atoms with Gasteiger partial charge in [0.2, 0.25) is 5.89 Å². The van der Waals surface area contributed by atoms with Crippen LogP contribution in [0.15, 0.2) is 39.8 Å². The molecule has 10 heteroatoms. The van der Waals surface area contributed by atoms with Crippen molar-refractivity contribution in [3.63, 3.8) is 0 Å². The molecule has 1 heterocycles. The lowest BCUT2D eigenvalue weighted by atomic mass is 10.3. The van der Waals surface area contributed by atoms with Gasteiger partial charge in [-0.1, -0.05) is 0 Å². The first-order valence-electron chi connectivity index (χ1n) is 9.97. The van der Waals surface area contributed by atoms with Crippen LogP contribution in [0.2, 0.25) is 0 Å². The topological polar surface area (TPSA) is 106 Å². The lowest BCUT2D eigenvalue weighted by Gasteiger charge is -2.21. The van der Waals surface area contributed by atoms with E-state index in [9.17, 15) is 9.59 Å². The number of nitrogens with one attached hydrogen (secondary N) is 2. The number of urea groups is 1. The maximum atomic E-state index is 12.8. The maximum Gasteiger partial charge on any atom is 0.322 e. The van der Waals surface area contributed by atoms with Crippen molar-refractivity contribution in [2.45, 2.75) is 24.3 Å². The molecule has 0 aliphatic heterocycles. The van der Waals surface area contributed by atoms with Gasteiger partial charge < -0.3 is 29.4 Å². The number of carbonyl (C=O) groups excluding carboxylic acids is 2. The van der Waals surface area contributed by atoms with Crippen LogP contribution in [0.4, 0.5) is 10.5 Å². The van der Waals surface area contributed by atoms with E-state index in [1.54, 1.807) is 30.9 Å². The van der Waals surface area contributed by atoms with Crippen molar-refractivity contribution in [1.82, 2.24) is 15.2 Å². The fraction of sp³-hybridized carbons (Fsp3) is 0.476. The SMILES string of the molecule is COCCCNC(=O)c1coc(CN(CCCOC)C(=O)Nc2ccc(SC)cc2)n1. The lowest BCUT2D eigenvalue weighted by molar-refractivity contribution is 0.0943. The minimum absolute atomic E-state index is 0.134. The highest BCUT2D eigenvalue weighted by Gasteiger charge is 2.19. The van der Waals surface area contributed by atoms with E-state index in [1.807, 2.05) is 30.5 Å². The van der Waals surface area contributed by atoms with Gasteiger partial charge in [0, 0.05) is 51.1 Å². The zero-order valence-corrected chi connectivity index (χ0v) is 19.0. The minimum atomic E-state index is -0.324. The highest BCUT2D eigenvalue weighted by molar-refractivity contribution is 7.98. The third-order valence-electron chi connectivity index (χ3n) is 4.33. The number of carbonyl (C=O) groups is 2. The van der Waals surface area contributed by atoms with Gasteiger partial charge in [0.05, 0.1) is 6.54 Å². The number of nitrogens with zero attached hydrogens (tertiary/aromatic N) is 2. The second-order valence-corrected chi connectivity index (χ2v) is 7.53. The number of hydrogen-bond donors (Lipinski definition) is 2. The molecular formula is C21H30N4O5S. The van der Waals surface area contributed by atoms with Gasteiger partial charge in [0.1, 0.15) is 6.26 Å². The molecule has 9 nitrogen and oxygen atoms in total. The van der Waals surface area contributed by atoms with Crippen LogP contribution in [0.5, 0.6) is 0 Å². The van der Waals surface area contributed by atoms with Gasteiger partial charge in [-0.25, -0.2) is 9.78 Å². The number of oxazole rings is 1. The smallest absolute Gasteiger partial charge is 0.322 e. The molecule has 3 amide bonds. The molecule has 0 unspecified atom stereocenters. The Hall–Kier alpha value is -2.56. The van der Waals surface area contributed by atoms with Crippen LogP contribution in [-0.2, 0) is 16.0 Å². The first-order valence-corrected chi connectivity index (χ1v) is 11.2. The van der Waals surface area contributed by atoms with Gasteiger partial charge in [0.25, 0.3) is 5.91 Å². The number of anilines is 1. The molecule has 2 rings (SSSR count). The van der Waals surface area contributed by atoms with Gasteiger partial charge in [-0.15, -0.1) is 11.8 Å². The van der Waals surface area contributed by atoms with Crippen LogP contribution in [0, 0.1) is 0 Å². The van der Waals surface area contributed by atoms with Crippen molar-refractivity contribution in [3.8, 4) is 0 Å². The van der Waals surface area contributed by atoms with Gasteiger partial charge in [-0.05, 0) is 43.4 Å². The van der Waals surface area contributed by atoms with Crippen LogP contribution >= 0.6 is 11.8 Å². The number of aromatic nitrogens is 1. The Balaban J connectivity index is 1.98. The van der Waals surface area contributed by atoms with Crippen molar-refractivity contribution >= 4 is 29.4 Å². The summed E-state index contributed by atoms with van der Waals surface area (Å²) in [5.41, 5.74) is 0.875. The average molecular weight is 451 g/mol.